The summed E-state index contributed by atoms with van der Waals surface area (Å²) >= 11 is 1.63. The molecule has 0 radical (unpaired) electrons. The SMILES string of the molecule is CCCOc1nc(NC)nc(SCCN(CC)CC)n1. The summed E-state index contributed by atoms with van der Waals surface area (Å²) in [5.41, 5.74) is 0. The van der Waals surface area contributed by atoms with Crippen LogP contribution in [0.5, 0.6) is 6.01 Å². The Morgan fingerprint density at radius 2 is 1.90 bits per heavy atom. The largest absolute Gasteiger partial charge is 0.463 e. The Morgan fingerprint density at radius 1 is 1.15 bits per heavy atom. The zero-order valence-electron chi connectivity index (χ0n) is 12.8. The van der Waals surface area contributed by atoms with E-state index in [4.69, 9.17) is 4.74 Å². The van der Waals surface area contributed by atoms with Crippen molar-refractivity contribution in [3.63, 3.8) is 0 Å². The first-order valence-corrected chi connectivity index (χ1v) is 8.13. The summed E-state index contributed by atoms with van der Waals surface area (Å²) in [7, 11) is 1.79. The van der Waals surface area contributed by atoms with Gasteiger partial charge in [-0.15, -0.1) is 0 Å². The molecule has 0 amide bonds. The van der Waals surface area contributed by atoms with Gasteiger partial charge in [-0.2, -0.15) is 15.0 Å². The third-order valence-corrected chi connectivity index (χ3v) is 3.61. The highest BCUT2D eigenvalue weighted by atomic mass is 32.2. The molecule has 0 atom stereocenters. The number of thioether (sulfide) groups is 1. The van der Waals surface area contributed by atoms with Crippen LogP contribution in [0.15, 0.2) is 5.16 Å². The molecule has 114 valence electrons. The van der Waals surface area contributed by atoms with Gasteiger partial charge in [-0.1, -0.05) is 32.5 Å². The Balaban J connectivity index is 2.59. The second-order valence-electron chi connectivity index (χ2n) is 4.20. The smallest absolute Gasteiger partial charge is 0.322 e. The molecule has 0 aliphatic rings. The molecule has 1 aromatic rings. The minimum Gasteiger partial charge on any atom is -0.463 e. The molecule has 0 saturated carbocycles. The number of aromatic nitrogens is 3. The molecule has 20 heavy (non-hydrogen) atoms. The number of hydrogen-bond donors (Lipinski definition) is 1. The minimum absolute atomic E-state index is 0.400. The Morgan fingerprint density at radius 3 is 2.50 bits per heavy atom. The summed E-state index contributed by atoms with van der Waals surface area (Å²) in [4.78, 5) is 15.2. The molecule has 7 heteroatoms. The van der Waals surface area contributed by atoms with Crippen molar-refractivity contribution in [1.29, 1.82) is 0 Å². The van der Waals surface area contributed by atoms with Gasteiger partial charge in [-0.05, 0) is 19.5 Å². The van der Waals surface area contributed by atoms with E-state index >= 15 is 0 Å². The fourth-order valence-corrected chi connectivity index (χ4v) is 2.40. The summed E-state index contributed by atoms with van der Waals surface area (Å²) in [6.45, 7) is 10.2. The van der Waals surface area contributed by atoms with E-state index in [9.17, 15) is 0 Å². The second kappa shape index (κ2) is 9.77. The number of hydrogen-bond acceptors (Lipinski definition) is 7. The van der Waals surface area contributed by atoms with Gasteiger partial charge in [0, 0.05) is 19.3 Å². The molecule has 0 aliphatic carbocycles. The Labute approximate surface area is 125 Å². The number of nitrogens with one attached hydrogen (secondary N) is 1. The van der Waals surface area contributed by atoms with Crippen LogP contribution in [0.1, 0.15) is 27.2 Å². The Bertz CT molecular complexity index is 387. The Kier molecular flexibility index (Phi) is 8.29. The average molecular weight is 299 g/mol. The quantitative estimate of drug-likeness (QED) is 0.664. The lowest BCUT2D eigenvalue weighted by atomic mass is 10.5. The van der Waals surface area contributed by atoms with Crippen LogP contribution in [0.3, 0.4) is 0 Å². The maximum atomic E-state index is 5.48. The van der Waals surface area contributed by atoms with Crippen molar-refractivity contribution < 1.29 is 4.74 Å². The number of ether oxygens (including phenoxy) is 1. The summed E-state index contributed by atoms with van der Waals surface area (Å²) in [6.07, 6.45) is 0.936. The monoisotopic (exact) mass is 299 g/mol. The lowest BCUT2D eigenvalue weighted by Gasteiger charge is -2.17. The Hall–Kier alpha value is -1.08. The van der Waals surface area contributed by atoms with Crippen molar-refractivity contribution >= 4 is 17.7 Å². The van der Waals surface area contributed by atoms with E-state index < -0.39 is 0 Å². The van der Waals surface area contributed by atoms with Crippen LogP contribution in [-0.2, 0) is 0 Å². The molecule has 0 fully saturated rings. The summed E-state index contributed by atoms with van der Waals surface area (Å²) < 4.78 is 5.48. The molecule has 6 nitrogen and oxygen atoms in total. The standard InChI is InChI=1S/C13H25N5OS/c1-5-9-19-12-15-11(14-4)16-13(17-12)20-10-8-18(6-2)7-3/h5-10H2,1-4H3,(H,14,15,16,17). The number of anilines is 1. The van der Waals surface area contributed by atoms with Crippen LogP contribution in [0.2, 0.25) is 0 Å². The number of nitrogens with zero attached hydrogens (tertiary/aromatic N) is 4. The first kappa shape index (κ1) is 17.0. The van der Waals surface area contributed by atoms with Gasteiger partial charge in [0.2, 0.25) is 5.95 Å². The molecule has 1 N–H and O–H groups in total. The topological polar surface area (TPSA) is 63.2 Å². The van der Waals surface area contributed by atoms with Gasteiger partial charge in [-0.25, -0.2) is 0 Å². The van der Waals surface area contributed by atoms with Gasteiger partial charge in [0.1, 0.15) is 0 Å². The highest BCUT2D eigenvalue weighted by Gasteiger charge is 2.08. The highest BCUT2D eigenvalue weighted by Crippen LogP contribution is 2.17. The van der Waals surface area contributed by atoms with Gasteiger partial charge in [0.15, 0.2) is 5.16 Å². The minimum atomic E-state index is 0.400. The zero-order chi connectivity index (χ0) is 14.8. The predicted octanol–water partition coefficient (Wildman–Crippen LogP) is 2.14. The average Bonchev–Trinajstić information content (AvgIpc) is 2.49. The van der Waals surface area contributed by atoms with Crippen LogP contribution >= 0.6 is 11.8 Å². The van der Waals surface area contributed by atoms with E-state index in [1.807, 2.05) is 0 Å². The summed E-state index contributed by atoms with van der Waals surface area (Å²) in [6, 6.07) is 0.400. The molecule has 0 unspecified atom stereocenters. The van der Waals surface area contributed by atoms with Crippen LogP contribution in [0.25, 0.3) is 0 Å². The van der Waals surface area contributed by atoms with E-state index in [0.717, 1.165) is 31.8 Å². The molecule has 0 aliphatic heterocycles. The first-order chi connectivity index (χ1) is 9.73. The lowest BCUT2D eigenvalue weighted by Crippen LogP contribution is -2.25. The van der Waals surface area contributed by atoms with E-state index in [1.165, 1.54) is 0 Å². The van der Waals surface area contributed by atoms with Crippen LogP contribution < -0.4 is 10.1 Å². The van der Waals surface area contributed by atoms with E-state index in [1.54, 1.807) is 18.8 Å². The van der Waals surface area contributed by atoms with Crippen LogP contribution in [0.4, 0.5) is 5.95 Å². The van der Waals surface area contributed by atoms with Crippen LogP contribution in [-0.4, -0.2) is 58.9 Å². The molecular formula is C13H25N5OS. The maximum Gasteiger partial charge on any atom is 0.322 e. The molecule has 0 spiro atoms. The first-order valence-electron chi connectivity index (χ1n) is 7.15. The molecule has 1 heterocycles. The molecule has 0 aromatic carbocycles. The van der Waals surface area contributed by atoms with Crippen molar-refractivity contribution in [3.8, 4) is 6.01 Å². The van der Waals surface area contributed by atoms with E-state index in [0.29, 0.717) is 23.7 Å². The summed E-state index contributed by atoms with van der Waals surface area (Å²) in [5, 5.41) is 3.65. The number of rotatable bonds is 10. The zero-order valence-corrected chi connectivity index (χ0v) is 13.7. The summed E-state index contributed by atoms with van der Waals surface area (Å²) in [5.74, 6) is 1.51. The van der Waals surface area contributed by atoms with E-state index in [-0.39, 0.29) is 0 Å². The van der Waals surface area contributed by atoms with Crippen molar-refractivity contribution in [2.75, 3.05) is 44.4 Å². The van der Waals surface area contributed by atoms with Gasteiger partial charge >= 0.3 is 6.01 Å². The van der Waals surface area contributed by atoms with Crippen molar-refractivity contribution in [2.45, 2.75) is 32.3 Å². The van der Waals surface area contributed by atoms with Gasteiger partial charge < -0.3 is 15.0 Å². The molecule has 0 bridgehead atoms. The van der Waals surface area contributed by atoms with Gasteiger partial charge in [0.25, 0.3) is 0 Å². The second-order valence-corrected chi connectivity index (χ2v) is 5.26. The van der Waals surface area contributed by atoms with Gasteiger partial charge in [-0.3, -0.25) is 0 Å². The normalized spacial score (nSPS) is 10.8. The fraction of sp³-hybridized carbons (Fsp3) is 0.769. The lowest BCUT2D eigenvalue weighted by molar-refractivity contribution is 0.288. The van der Waals surface area contributed by atoms with Crippen LogP contribution in [0, 0.1) is 0 Å². The molecule has 0 saturated heterocycles. The molecular weight excluding hydrogens is 274 g/mol. The highest BCUT2D eigenvalue weighted by molar-refractivity contribution is 7.99. The van der Waals surface area contributed by atoms with Crippen molar-refractivity contribution in [3.05, 3.63) is 0 Å². The predicted molar refractivity (Wildman–Crippen MR) is 83.7 cm³/mol. The van der Waals surface area contributed by atoms with E-state index in [2.05, 4.69) is 45.9 Å². The van der Waals surface area contributed by atoms with Gasteiger partial charge in [0.05, 0.1) is 6.61 Å². The molecule has 1 aromatic heterocycles. The third-order valence-electron chi connectivity index (χ3n) is 2.79. The van der Waals surface area contributed by atoms with Crippen molar-refractivity contribution in [2.24, 2.45) is 0 Å². The molecule has 1 rings (SSSR count). The maximum absolute atomic E-state index is 5.48. The fourth-order valence-electron chi connectivity index (χ4n) is 1.58. The third kappa shape index (κ3) is 5.92. The van der Waals surface area contributed by atoms with Crippen molar-refractivity contribution in [1.82, 2.24) is 19.9 Å².